The fraction of sp³-hybridized carbons (Fsp3) is 0.292. The van der Waals surface area contributed by atoms with E-state index in [9.17, 15) is 9.18 Å². The van der Waals surface area contributed by atoms with Crippen molar-refractivity contribution in [1.29, 1.82) is 0 Å². The van der Waals surface area contributed by atoms with Gasteiger partial charge in [0.05, 0.1) is 23.3 Å². The molecule has 0 saturated carbocycles. The van der Waals surface area contributed by atoms with Crippen LogP contribution in [0, 0.1) is 12.7 Å². The molecule has 1 amide bonds. The minimum Gasteiger partial charge on any atom is -0.490 e. The normalized spacial score (nSPS) is 11.2. The summed E-state index contributed by atoms with van der Waals surface area (Å²) in [5.74, 6) is -0.962. The molecule has 2 heterocycles. The quantitative estimate of drug-likeness (QED) is 0.357. The first-order chi connectivity index (χ1) is 14.6. The molecule has 0 bridgehead atoms. The molecule has 3 aromatic rings. The van der Waals surface area contributed by atoms with Gasteiger partial charge in [0.15, 0.2) is 11.6 Å². The molecular formula is C24H26FN3O2. The number of aromatic nitrogens is 2. The van der Waals surface area contributed by atoms with Gasteiger partial charge < -0.3 is 10.1 Å². The van der Waals surface area contributed by atoms with Gasteiger partial charge >= 0.3 is 0 Å². The fourth-order valence-corrected chi connectivity index (χ4v) is 3.02. The lowest BCUT2D eigenvalue weighted by molar-refractivity contribution is 0.102. The third-order valence-electron chi connectivity index (χ3n) is 4.63. The number of ether oxygens (including phenoxy) is 1. The van der Waals surface area contributed by atoms with Crippen LogP contribution in [-0.4, -0.2) is 22.5 Å². The second-order valence-electron chi connectivity index (χ2n) is 7.02. The van der Waals surface area contributed by atoms with Crippen molar-refractivity contribution in [3.05, 3.63) is 71.8 Å². The van der Waals surface area contributed by atoms with Gasteiger partial charge in [-0.2, -0.15) is 0 Å². The van der Waals surface area contributed by atoms with Crippen molar-refractivity contribution >= 4 is 22.6 Å². The number of carbonyl (C=O) groups excluding carboxylic acids is 1. The average Bonchev–Trinajstić information content (AvgIpc) is 2.75. The summed E-state index contributed by atoms with van der Waals surface area (Å²) in [7, 11) is 0. The standard InChI is InChI=1S/C24H26FN3O2/c1-3-4-5-6-7-8-15-30-21-13-9-11-19(22(21)25)28-24(29)23-17(2)16-20-18(27-23)12-10-14-26-20/h6-7,9-14,16H,3-5,8,15H2,1-2H3,(H,28,29). The van der Waals surface area contributed by atoms with Crippen LogP contribution in [0.25, 0.3) is 11.0 Å². The minimum atomic E-state index is -0.596. The first kappa shape index (κ1) is 21.4. The van der Waals surface area contributed by atoms with Gasteiger partial charge in [0.25, 0.3) is 5.91 Å². The molecule has 6 heteroatoms. The van der Waals surface area contributed by atoms with Crippen molar-refractivity contribution in [2.75, 3.05) is 11.9 Å². The predicted molar refractivity (Wildman–Crippen MR) is 117 cm³/mol. The summed E-state index contributed by atoms with van der Waals surface area (Å²) < 4.78 is 20.3. The van der Waals surface area contributed by atoms with Crippen LogP contribution in [0.15, 0.2) is 54.7 Å². The summed E-state index contributed by atoms with van der Waals surface area (Å²) in [6.07, 6.45) is 9.91. The molecule has 1 aromatic carbocycles. The summed E-state index contributed by atoms with van der Waals surface area (Å²) >= 11 is 0. The summed E-state index contributed by atoms with van der Waals surface area (Å²) in [6.45, 7) is 4.30. The molecule has 0 atom stereocenters. The van der Waals surface area contributed by atoms with E-state index < -0.39 is 11.7 Å². The molecule has 0 unspecified atom stereocenters. The molecule has 156 valence electrons. The first-order valence-electron chi connectivity index (χ1n) is 10.2. The van der Waals surface area contributed by atoms with Crippen LogP contribution in [0.1, 0.15) is 48.7 Å². The SMILES string of the molecule is CCCCC=CCCOc1cccc(NC(=O)c2nc3cccnc3cc2C)c1F. The Bertz CT molecular complexity index is 1050. The molecule has 0 saturated heterocycles. The number of fused-ring (bicyclic) bond motifs is 1. The zero-order valence-corrected chi connectivity index (χ0v) is 17.3. The van der Waals surface area contributed by atoms with Crippen LogP contribution in [0.5, 0.6) is 5.75 Å². The number of carbonyl (C=O) groups is 1. The number of allylic oxidation sites excluding steroid dienone is 1. The molecule has 5 nitrogen and oxygen atoms in total. The molecule has 3 rings (SSSR count). The van der Waals surface area contributed by atoms with E-state index in [1.54, 1.807) is 43.5 Å². The Kier molecular flexibility index (Phi) is 7.49. The van der Waals surface area contributed by atoms with E-state index in [-0.39, 0.29) is 17.1 Å². The van der Waals surface area contributed by atoms with Gasteiger partial charge in [-0.3, -0.25) is 9.78 Å². The average molecular weight is 407 g/mol. The maximum absolute atomic E-state index is 14.8. The van der Waals surface area contributed by atoms with E-state index in [4.69, 9.17) is 4.74 Å². The Hall–Kier alpha value is -3.28. The number of nitrogens with zero attached hydrogens (tertiary/aromatic N) is 2. The number of benzene rings is 1. The zero-order chi connectivity index (χ0) is 21.3. The second kappa shape index (κ2) is 10.5. The smallest absolute Gasteiger partial charge is 0.274 e. The van der Waals surface area contributed by atoms with Gasteiger partial charge in [-0.25, -0.2) is 9.37 Å². The van der Waals surface area contributed by atoms with E-state index in [0.29, 0.717) is 29.6 Å². The largest absolute Gasteiger partial charge is 0.490 e. The highest BCUT2D eigenvalue weighted by molar-refractivity contribution is 6.05. The van der Waals surface area contributed by atoms with Gasteiger partial charge in [0, 0.05) is 6.20 Å². The van der Waals surface area contributed by atoms with Crippen LogP contribution in [0.3, 0.4) is 0 Å². The number of nitrogens with one attached hydrogen (secondary N) is 1. The molecule has 0 spiro atoms. The molecule has 0 fully saturated rings. The number of halogens is 1. The van der Waals surface area contributed by atoms with Crippen molar-refractivity contribution in [3.8, 4) is 5.75 Å². The molecule has 0 aliphatic rings. The van der Waals surface area contributed by atoms with E-state index in [0.717, 1.165) is 19.3 Å². The van der Waals surface area contributed by atoms with Gasteiger partial charge in [-0.15, -0.1) is 0 Å². The number of aryl methyl sites for hydroxylation is 1. The summed E-state index contributed by atoms with van der Waals surface area (Å²) in [5, 5.41) is 2.61. The predicted octanol–water partition coefficient (Wildman–Crippen LogP) is 5.84. The van der Waals surface area contributed by atoms with Crippen LogP contribution in [-0.2, 0) is 0 Å². The number of anilines is 1. The van der Waals surface area contributed by atoms with Crippen LogP contribution >= 0.6 is 0 Å². The topological polar surface area (TPSA) is 64.1 Å². The molecule has 0 aliphatic carbocycles. The monoisotopic (exact) mass is 407 g/mol. The van der Waals surface area contributed by atoms with Gasteiger partial charge in [-0.05, 0) is 55.7 Å². The number of hydrogen-bond acceptors (Lipinski definition) is 4. The highest BCUT2D eigenvalue weighted by Gasteiger charge is 2.16. The fourth-order valence-electron chi connectivity index (χ4n) is 3.02. The molecular weight excluding hydrogens is 381 g/mol. The number of unbranched alkanes of at least 4 members (excludes halogenated alkanes) is 2. The number of hydrogen-bond donors (Lipinski definition) is 1. The highest BCUT2D eigenvalue weighted by Crippen LogP contribution is 2.25. The second-order valence-corrected chi connectivity index (χ2v) is 7.02. The van der Waals surface area contributed by atoms with Crippen molar-refractivity contribution in [1.82, 2.24) is 9.97 Å². The highest BCUT2D eigenvalue weighted by atomic mass is 19.1. The third kappa shape index (κ3) is 5.41. The summed E-state index contributed by atoms with van der Waals surface area (Å²) in [4.78, 5) is 21.3. The van der Waals surface area contributed by atoms with Crippen LogP contribution < -0.4 is 10.1 Å². The van der Waals surface area contributed by atoms with Crippen LogP contribution in [0.2, 0.25) is 0 Å². The van der Waals surface area contributed by atoms with Crippen molar-refractivity contribution in [2.24, 2.45) is 0 Å². The maximum atomic E-state index is 14.8. The molecule has 0 aliphatic heterocycles. The molecule has 1 N–H and O–H groups in total. The van der Waals surface area contributed by atoms with E-state index in [1.165, 1.54) is 6.07 Å². The summed E-state index contributed by atoms with van der Waals surface area (Å²) in [5.41, 5.74) is 2.28. The Morgan fingerprint density at radius 3 is 2.83 bits per heavy atom. The Morgan fingerprint density at radius 1 is 1.17 bits per heavy atom. The number of pyridine rings is 2. The van der Waals surface area contributed by atoms with Crippen molar-refractivity contribution in [2.45, 2.75) is 39.5 Å². The third-order valence-corrected chi connectivity index (χ3v) is 4.63. The van der Waals surface area contributed by atoms with Gasteiger partial charge in [0.1, 0.15) is 5.69 Å². The lowest BCUT2D eigenvalue weighted by atomic mass is 10.1. The number of amides is 1. The van der Waals surface area contributed by atoms with Crippen molar-refractivity contribution in [3.63, 3.8) is 0 Å². The minimum absolute atomic E-state index is 0.0588. The van der Waals surface area contributed by atoms with Gasteiger partial charge in [-0.1, -0.05) is 38.0 Å². The van der Waals surface area contributed by atoms with Gasteiger partial charge in [0.2, 0.25) is 0 Å². The first-order valence-corrected chi connectivity index (χ1v) is 10.2. The lowest BCUT2D eigenvalue weighted by Crippen LogP contribution is -2.16. The van der Waals surface area contributed by atoms with E-state index >= 15 is 0 Å². The van der Waals surface area contributed by atoms with E-state index in [1.807, 2.05) is 6.08 Å². The summed E-state index contributed by atoms with van der Waals surface area (Å²) in [6, 6.07) is 10.0. The molecule has 0 radical (unpaired) electrons. The van der Waals surface area contributed by atoms with Crippen molar-refractivity contribution < 1.29 is 13.9 Å². The Labute approximate surface area is 176 Å². The number of rotatable bonds is 9. The molecule has 30 heavy (non-hydrogen) atoms. The molecule has 2 aromatic heterocycles. The zero-order valence-electron chi connectivity index (χ0n) is 17.3. The lowest BCUT2D eigenvalue weighted by Gasteiger charge is -2.12. The van der Waals surface area contributed by atoms with E-state index in [2.05, 4.69) is 28.3 Å². The Morgan fingerprint density at radius 2 is 2.00 bits per heavy atom. The van der Waals surface area contributed by atoms with Crippen LogP contribution in [0.4, 0.5) is 10.1 Å². The maximum Gasteiger partial charge on any atom is 0.274 e. The Balaban J connectivity index is 1.67.